The Labute approximate surface area is 121 Å². The number of nitrogens with two attached hydrogens (primary N) is 1. The molecule has 0 aromatic carbocycles. The Kier molecular flexibility index (Phi) is 5.05. The van der Waals surface area contributed by atoms with E-state index in [0.29, 0.717) is 5.82 Å². The molecule has 7 heteroatoms. The Bertz CT molecular complexity index is 538. The van der Waals surface area contributed by atoms with Crippen LogP contribution in [-0.4, -0.2) is 28.3 Å². The lowest BCUT2D eigenvalue weighted by Gasteiger charge is -2.20. The molecular formula is C13H19N3O3S. The number of ether oxygens (including phenoxy) is 1. The number of esters is 1. The molecule has 0 spiro atoms. The fraction of sp³-hybridized carbons (Fsp3) is 0.615. The minimum atomic E-state index is -0.466. The van der Waals surface area contributed by atoms with E-state index in [1.807, 2.05) is 0 Å². The molecule has 2 rings (SSSR count). The van der Waals surface area contributed by atoms with E-state index in [0.717, 1.165) is 18.6 Å². The summed E-state index contributed by atoms with van der Waals surface area (Å²) >= 11 is 1.78. The predicted molar refractivity (Wildman–Crippen MR) is 78.7 cm³/mol. The molecule has 6 nitrogen and oxygen atoms in total. The van der Waals surface area contributed by atoms with Gasteiger partial charge in [0.15, 0.2) is 0 Å². The van der Waals surface area contributed by atoms with Crippen LogP contribution in [0, 0.1) is 0 Å². The number of thioether (sulfide) groups is 1. The van der Waals surface area contributed by atoms with Crippen LogP contribution < -0.4 is 11.3 Å². The predicted octanol–water partition coefficient (Wildman–Crippen LogP) is 1.42. The van der Waals surface area contributed by atoms with E-state index in [4.69, 9.17) is 10.5 Å². The number of aromatic nitrogens is 2. The van der Waals surface area contributed by atoms with Gasteiger partial charge in [0, 0.05) is 0 Å². The van der Waals surface area contributed by atoms with Crippen LogP contribution in [0.3, 0.4) is 0 Å². The van der Waals surface area contributed by atoms with Crippen molar-refractivity contribution in [2.45, 2.75) is 37.9 Å². The highest BCUT2D eigenvalue weighted by Gasteiger charge is 2.21. The summed E-state index contributed by atoms with van der Waals surface area (Å²) in [5.74, 6) is 1.35. The number of nitrogens with one attached hydrogen (secondary N) is 1. The molecule has 1 aliphatic heterocycles. The van der Waals surface area contributed by atoms with Gasteiger partial charge in [-0.3, -0.25) is 9.59 Å². The van der Waals surface area contributed by atoms with Crippen LogP contribution in [-0.2, 0) is 16.0 Å². The van der Waals surface area contributed by atoms with E-state index in [2.05, 4.69) is 9.97 Å². The highest BCUT2D eigenvalue weighted by Crippen LogP contribution is 2.36. The fourth-order valence-corrected chi connectivity index (χ4v) is 3.43. The van der Waals surface area contributed by atoms with Crippen molar-refractivity contribution < 1.29 is 9.53 Å². The first-order chi connectivity index (χ1) is 9.61. The molecule has 20 heavy (non-hydrogen) atoms. The second kappa shape index (κ2) is 6.78. The van der Waals surface area contributed by atoms with Crippen LogP contribution >= 0.6 is 11.8 Å². The molecule has 1 atom stereocenters. The molecule has 3 N–H and O–H groups in total. The van der Waals surface area contributed by atoms with Crippen LogP contribution in [0.2, 0.25) is 0 Å². The Balaban J connectivity index is 2.20. The quantitative estimate of drug-likeness (QED) is 0.816. The van der Waals surface area contributed by atoms with Crippen molar-refractivity contribution in [2.24, 2.45) is 0 Å². The molecule has 0 bridgehead atoms. The van der Waals surface area contributed by atoms with Crippen molar-refractivity contribution in [1.29, 1.82) is 0 Å². The Morgan fingerprint density at radius 2 is 2.35 bits per heavy atom. The van der Waals surface area contributed by atoms with Crippen molar-refractivity contribution in [2.75, 3.05) is 18.1 Å². The van der Waals surface area contributed by atoms with Gasteiger partial charge in [-0.2, -0.15) is 11.8 Å². The summed E-state index contributed by atoms with van der Waals surface area (Å²) < 4.78 is 4.82. The van der Waals surface area contributed by atoms with E-state index in [1.165, 1.54) is 6.42 Å². The third-order valence-electron chi connectivity index (χ3n) is 3.18. The number of aromatic amines is 1. The molecule has 1 fully saturated rings. The molecule has 0 amide bonds. The van der Waals surface area contributed by atoms with E-state index < -0.39 is 5.97 Å². The second-order valence-corrected chi connectivity index (χ2v) is 5.96. The molecule has 0 saturated carbocycles. The summed E-state index contributed by atoms with van der Waals surface area (Å²) in [4.78, 5) is 30.5. The van der Waals surface area contributed by atoms with Crippen molar-refractivity contribution in [3.8, 4) is 0 Å². The van der Waals surface area contributed by atoms with E-state index >= 15 is 0 Å². The van der Waals surface area contributed by atoms with E-state index in [9.17, 15) is 9.59 Å². The number of carbonyl (C=O) groups excluding carboxylic acids is 1. The maximum Gasteiger partial charge on any atom is 0.310 e. The average Bonchev–Trinajstić information content (AvgIpc) is 2.44. The standard InChI is InChI=1S/C13H19N3O3S/c1-2-19-10(17)7-8-11(14)15-12(16-13(8)18)9-5-3-4-6-20-9/h9H,2-7H2,1H3,(H3,14,15,16,18). The lowest BCUT2D eigenvalue weighted by Crippen LogP contribution is -2.24. The van der Waals surface area contributed by atoms with E-state index in [1.54, 1.807) is 18.7 Å². The van der Waals surface area contributed by atoms with Crippen molar-refractivity contribution in [1.82, 2.24) is 9.97 Å². The highest BCUT2D eigenvalue weighted by atomic mass is 32.2. The van der Waals surface area contributed by atoms with Crippen molar-refractivity contribution >= 4 is 23.5 Å². The first-order valence-corrected chi connectivity index (χ1v) is 7.82. The maximum absolute atomic E-state index is 12.1. The zero-order valence-electron chi connectivity index (χ0n) is 11.5. The third kappa shape index (κ3) is 3.53. The Hall–Kier alpha value is -1.50. The average molecular weight is 297 g/mol. The third-order valence-corrected chi connectivity index (χ3v) is 4.56. The van der Waals surface area contributed by atoms with Crippen LogP contribution in [0.1, 0.15) is 42.8 Å². The molecule has 0 aliphatic carbocycles. The van der Waals surface area contributed by atoms with Crippen LogP contribution in [0.15, 0.2) is 4.79 Å². The lowest BCUT2D eigenvalue weighted by molar-refractivity contribution is -0.142. The van der Waals surface area contributed by atoms with Gasteiger partial charge < -0.3 is 15.5 Å². The van der Waals surface area contributed by atoms with Crippen molar-refractivity contribution in [3.63, 3.8) is 0 Å². The van der Waals surface area contributed by atoms with Gasteiger partial charge in [-0.25, -0.2) is 4.98 Å². The largest absolute Gasteiger partial charge is 0.466 e. The molecule has 1 unspecified atom stereocenters. The number of rotatable bonds is 4. The summed E-state index contributed by atoms with van der Waals surface area (Å²) in [7, 11) is 0. The molecule has 1 saturated heterocycles. The molecule has 2 heterocycles. The summed E-state index contributed by atoms with van der Waals surface area (Å²) in [5, 5.41) is 0.190. The number of H-pyrrole nitrogens is 1. The number of hydrogen-bond acceptors (Lipinski definition) is 6. The first kappa shape index (κ1) is 14.9. The summed E-state index contributed by atoms with van der Waals surface area (Å²) in [5.41, 5.74) is 5.67. The highest BCUT2D eigenvalue weighted by molar-refractivity contribution is 7.99. The topological polar surface area (TPSA) is 98.1 Å². The normalized spacial score (nSPS) is 18.8. The molecule has 1 aromatic heterocycles. The minimum Gasteiger partial charge on any atom is -0.466 e. The zero-order valence-corrected chi connectivity index (χ0v) is 12.3. The van der Waals surface area contributed by atoms with Gasteiger partial charge in [0.25, 0.3) is 5.56 Å². The molecular weight excluding hydrogens is 278 g/mol. The number of nitrogen functional groups attached to an aromatic ring is 1. The van der Waals surface area contributed by atoms with Gasteiger partial charge in [0.2, 0.25) is 0 Å². The molecule has 1 aromatic rings. The Morgan fingerprint density at radius 3 is 2.95 bits per heavy atom. The smallest absolute Gasteiger partial charge is 0.310 e. The first-order valence-electron chi connectivity index (χ1n) is 6.77. The molecule has 1 aliphatic rings. The second-order valence-electron chi connectivity index (χ2n) is 4.65. The fourth-order valence-electron chi connectivity index (χ4n) is 2.17. The van der Waals surface area contributed by atoms with Crippen molar-refractivity contribution in [3.05, 3.63) is 21.7 Å². The van der Waals surface area contributed by atoms with Gasteiger partial charge >= 0.3 is 5.97 Å². The molecule has 110 valence electrons. The Morgan fingerprint density at radius 1 is 1.55 bits per heavy atom. The summed E-state index contributed by atoms with van der Waals surface area (Å²) in [6.45, 7) is 1.99. The maximum atomic E-state index is 12.1. The van der Waals surface area contributed by atoms with Gasteiger partial charge in [0.1, 0.15) is 11.6 Å². The van der Waals surface area contributed by atoms with Crippen LogP contribution in [0.5, 0.6) is 0 Å². The zero-order chi connectivity index (χ0) is 14.5. The van der Waals surface area contributed by atoms with Crippen LogP contribution in [0.25, 0.3) is 0 Å². The van der Waals surface area contributed by atoms with Crippen LogP contribution in [0.4, 0.5) is 5.82 Å². The molecule has 0 radical (unpaired) electrons. The lowest BCUT2D eigenvalue weighted by atomic mass is 10.1. The summed E-state index contributed by atoms with van der Waals surface area (Å²) in [6.07, 6.45) is 3.18. The monoisotopic (exact) mass is 297 g/mol. The van der Waals surface area contributed by atoms with Gasteiger partial charge in [-0.1, -0.05) is 6.42 Å². The van der Waals surface area contributed by atoms with Gasteiger partial charge in [-0.05, 0) is 25.5 Å². The van der Waals surface area contributed by atoms with Gasteiger partial charge in [0.05, 0.1) is 23.8 Å². The number of nitrogens with zero attached hydrogens (tertiary/aromatic N) is 1. The number of hydrogen-bond donors (Lipinski definition) is 2. The van der Waals surface area contributed by atoms with Gasteiger partial charge in [-0.15, -0.1) is 0 Å². The van der Waals surface area contributed by atoms with E-state index in [-0.39, 0.29) is 35.2 Å². The number of anilines is 1. The summed E-state index contributed by atoms with van der Waals surface area (Å²) in [6, 6.07) is 0. The minimum absolute atomic E-state index is 0.128. The SMILES string of the molecule is CCOC(=O)Cc1c(N)nc(C2CCCCS2)[nH]c1=O. The number of carbonyl (C=O) groups is 1.